The molecule has 1 N–H and O–H groups in total. The fraction of sp³-hybridized carbons (Fsp3) is 0.409. The normalized spacial score (nSPS) is 15.7. The molecular weight excluding hydrogens is 411 g/mol. The average molecular weight is 435 g/mol. The number of hydrogen-bond donors (Lipinski definition) is 1. The lowest BCUT2D eigenvalue weighted by Gasteiger charge is -2.33. The molecule has 2 amide bonds. The van der Waals surface area contributed by atoms with Crippen LogP contribution in [0.15, 0.2) is 48.8 Å². The lowest BCUT2D eigenvalue weighted by molar-refractivity contribution is -0.171. The molecule has 1 unspecified atom stereocenters. The summed E-state index contributed by atoms with van der Waals surface area (Å²) in [5.41, 5.74) is 0.167. The van der Waals surface area contributed by atoms with Crippen molar-refractivity contribution < 1.29 is 27.5 Å². The Hall–Kier alpha value is -3.10. The van der Waals surface area contributed by atoms with Crippen LogP contribution >= 0.6 is 0 Å². The molecule has 31 heavy (non-hydrogen) atoms. The van der Waals surface area contributed by atoms with Gasteiger partial charge in [0, 0.05) is 24.1 Å². The van der Waals surface area contributed by atoms with Gasteiger partial charge in [0.25, 0.3) is 0 Å². The fourth-order valence-corrected chi connectivity index (χ4v) is 3.75. The molecule has 1 fully saturated rings. The van der Waals surface area contributed by atoms with Crippen molar-refractivity contribution in [2.24, 2.45) is 0 Å². The minimum Gasteiger partial charge on any atom is -0.497 e. The van der Waals surface area contributed by atoms with E-state index in [2.05, 4.69) is 10.3 Å². The number of hydrogen-bond acceptors (Lipinski definition) is 4. The van der Waals surface area contributed by atoms with Crippen molar-refractivity contribution in [2.45, 2.75) is 50.4 Å². The van der Waals surface area contributed by atoms with Crippen LogP contribution in [0.5, 0.6) is 5.75 Å². The van der Waals surface area contributed by atoms with Gasteiger partial charge in [0.1, 0.15) is 11.8 Å². The van der Waals surface area contributed by atoms with Gasteiger partial charge < -0.3 is 10.1 Å². The van der Waals surface area contributed by atoms with E-state index in [1.165, 1.54) is 55.9 Å². The first-order valence-corrected chi connectivity index (χ1v) is 10.1. The molecule has 1 aromatic carbocycles. The van der Waals surface area contributed by atoms with E-state index in [1.54, 1.807) is 0 Å². The zero-order valence-electron chi connectivity index (χ0n) is 17.1. The van der Waals surface area contributed by atoms with E-state index in [0.717, 1.165) is 32.1 Å². The molecule has 1 saturated carbocycles. The number of alkyl halides is 3. The van der Waals surface area contributed by atoms with Gasteiger partial charge in [-0.15, -0.1) is 0 Å². The number of amides is 2. The second kappa shape index (κ2) is 9.80. The third kappa shape index (κ3) is 5.53. The highest BCUT2D eigenvalue weighted by atomic mass is 19.4. The Morgan fingerprint density at radius 1 is 1.06 bits per heavy atom. The molecule has 1 atom stereocenters. The topological polar surface area (TPSA) is 71.5 Å². The molecular formula is C22H24F3N3O3. The molecule has 2 aromatic rings. The molecule has 0 spiro atoms. The summed E-state index contributed by atoms with van der Waals surface area (Å²) in [6.45, 7) is 0. The third-order valence-electron chi connectivity index (χ3n) is 5.29. The Balaban J connectivity index is 2.05. The summed E-state index contributed by atoms with van der Waals surface area (Å²) in [4.78, 5) is 30.1. The van der Waals surface area contributed by atoms with Gasteiger partial charge in [-0.2, -0.15) is 13.2 Å². The molecule has 1 heterocycles. The standard InChI is InChI=1S/C22H24F3N3O3/c1-31-18-9-7-17(8-10-18)28(21(30)22(23,24)25)19(15-11-13-26-14-12-15)20(29)27-16-5-3-2-4-6-16/h7-14,16,19H,2-6H2,1H3,(H,27,29). The zero-order valence-corrected chi connectivity index (χ0v) is 17.1. The van der Waals surface area contributed by atoms with Crippen LogP contribution in [0.4, 0.5) is 18.9 Å². The molecule has 166 valence electrons. The van der Waals surface area contributed by atoms with Crippen LogP contribution in [0, 0.1) is 0 Å². The Morgan fingerprint density at radius 2 is 1.68 bits per heavy atom. The fourth-order valence-electron chi connectivity index (χ4n) is 3.75. The first-order chi connectivity index (χ1) is 14.8. The molecule has 9 heteroatoms. The maximum atomic E-state index is 13.6. The summed E-state index contributed by atoms with van der Waals surface area (Å²) in [5, 5.41) is 2.85. The Kier molecular flexibility index (Phi) is 7.14. The van der Waals surface area contributed by atoms with E-state index in [0.29, 0.717) is 10.6 Å². The van der Waals surface area contributed by atoms with Crippen LogP contribution in [-0.2, 0) is 9.59 Å². The first kappa shape index (κ1) is 22.6. The summed E-state index contributed by atoms with van der Waals surface area (Å²) in [6, 6.07) is 6.76. The maximum absolute atomic E-state index is 13.6. The van der Waals surface area contributed by atoms with Gasteiger partial charge >= 0.3 is 12.1 Å². The number of carbonyl (C=O) groups excluding carboxylic acids is 2. The zero-order chi connectivity index (χ0) is 22.4. The number of ether oxygens (including phenoxy) is 1. The molecule has 0 saturated heterocycles. The van der Waals surface area contributed by atoms with Crippen molar-refractivity contribution >= 4 is 17.5 Å². The van der Waals surface area contributed by atoms with E-state index in [-0.39, 0.29) is 17.3 Å². The van der Waals surface area contributed by atoms with Gasteiger partial charge in [-0.05, 0) is 54.8 Å². The van der Waals surface area contributed by atoms with Gasteiger partial charge in [0.2, 0.25) is 5.91 Å². The Morgan fingerprint density at radius 3 is 2.23 bits per heavy atom. The molecule has 0 bridgehead atoms. The molecule has 1 aliphatic carbocycles. The quantitative estimate of drug-likeness (QED) is 0.739. The number of halogens is 3. The molecule has 0 radical (unpaired) electrons. The van der Waals surface area contributed by atoms with Gasteiger partial charge in [-0.25, -0.2) is 0 Å². The van der Waals surface area contributed by atoms with Gasteiger partial charge in [0.15, 0.2) is 0 Å². The molecule has 1 aromatic heterocycles. The third-order valence-corrected chi connectivity index (χ3v) is 5.29. The van der Waals surface area contributed by atoms with Gasteiger partial charge in [-0.3, -0.25) is 19.5 Å². The van der Waals surface area contributed by atoms with E-state index in [9.17, 15) is 22.8 Å². The van der Waals surface area contributed by atoms with Crippen LogP contribution in [-0.4, -0.2) is 36.1 Å². The molecule has 0 aliphatic heterocycles. The Bertz CT molecular complexity index is 882. The number of aromatic nitrogens is 1. The smallest absolute Gasteiger partial charge is 0.471 e. The summed E-state index contributed by atoms with van der Waals surface area (Å²) >= 11 is 0. The second-order valence-electron chi connectivity index (χ2n) is 7.40. The van der Waals surface area contributed by atoms with Crippen LogP contribution in [0.3, 0.4) is 0 Å². The lowest BCUT2D eigenvalue weighted by Crippen LogP contribution is -2.50. The van der Waals surface area contributed by atoms with Crippen molar-refractivity contribution in [2.75, 3.05) is 12.0 Å². The average Bonchev–Trinajstić information content (AvgIpc) is 2.77. The van der Waals surface area contributed by atoms with Crippen LogP contribution in [0.2, 0.25) is 0 Å². The van der Waals surface area contributed by atoms with E-state index < -0.39 is 24.0 Å². The number of nitrogens with zero attached hydrogens (tertiary/aromatic N) is 2. The Labute approximate surface area is 178 Å². The van der Waals surface area contributed by atoms with Gasteiger partial charge in [0.05, 0.1) is 7.11 Å². The van der Waals surface area contributed by atoms with Crippen molar-refractivity contribution in [1.82, 2.24) is 10.3 Å². The van der Waals surface area contributed by atoms with E-state index in [4.69, 9.17) is 4.74 Å². The second-order valence-corrected chi connectivity index (χ2v) is 7.40. The summed E-state index contributed by atoms with van der Waals surface area (Å²) in [7, 11) is 1.42. The summed E-state index contributed by atoms with van der Waals surface area (Å²) in [6.07, 6.45) is 2.03. The van der Waals surface area contributed by atoms with Crippen LogP contribution < -0.4 is 15.0 Å². The predicted molar refractivity (Wildman–Crippen MR) is 109 cm³/mol. The SMILES string of the molecule is COc1ccc(N(C(=O)C(F)(F)F)C(C(=O)NC2CCCCC2)c2ccncc2)cc1. The number of rotatable bonds is 6. The molecule has 1 aliphatic rings. The highest BCUT2D eigenvalue weighted by Crippen LogP contribution is 2.34. The highest BCUT2D eigenvalue weighted by molar-refractivity contribution is 6.03. The minimum atomic E-state index is -5.17. The van der Waals surface area contributed by atoms with Crippen LogP contribution in [0.1, 0.15) is 43.7 Å². The van der Waals surface area contributed by atoms with Crippen molar-refractivity contribution in [3.05, 3.63) is 54.4 Å². The first-order valence-electron chi connectivity index (χ1n) is 10.1. The highest BCUT2D eigenvalue weighted by Gasteiger charge is 2.47. The number of methoxy groups -OCH3 is 1. The lowest BCUT2D eigenvalue weighted by atomic mass is 9.94. The summed E-state index contributed by atoms with van der Waals surface area (Å²) in [5.74, 6) is -2.37. The minimum absolute atomic E-state index is 0.0660. The number of pyridine rings is 1. The number of nitrogens with one attached hydrogen (secondary N) is 1. The predicted octanol–water partition coefficient (Wildman–Crippen LogP) is 4.18. The monoisotopic (exact) mass is 435 g/mol. The largest absolute Gasteiger partial charge is 0.497 e. The van der Waals surface area contributed by atoms with Crippen molar-refractivity contribution in [3.8, 4) is 5.75 Å². The summed E-state index contributed by atoms with van der Waals surface area (Å²) < 4.78 is 45.8. The van der Waals surface area contributed by atoms with Gasteiger partial charge in [-0.1, -0.05) is 19.3 Å². The number of carbonyl (C=O) groups is 2. The molecule has 3 rings (SSSR count). The van der Waals surface area contributed by atoms with Crippen molar-refractivity contribution in [1.29, 1.82) is 0 Å². The van der Waals surface area contributed by atoms with Crippen molar-refractivity contribution in [3.63, 3.8) is 0 Å². The maximum Gasteiger partial charge on any atom is 0.471 e. The number of anilines is 1. The van der Waals surface area contributed by atoms with E-state index >= 15 is 0 Å². The van der Waals surface area contributed by atoms with Crippen LogP contribution in [0.25, 0.3) is 0 Å². The van der Waals surface area contributed by atoms with E-state index in [1.807, 2.05) is 0 Å². The number of benzene rings is 1. The molecule has 6 nitrogen and oxygen atoms in total.